The first kappa shape index (κ1) is 26.9. The minimum Gasteiger partial charge on any atom is -0.354 e. The Kier molecular flexibility index (Phi) is 8.54. The molecule has 1 aromatic heterocycles. The van der Waals surface area contributed by atoms with E-state index < -0.39 is 0 Å². The Balaban J connectivity index is 1.14. The first-order valence-electron chi connectivity index (χ1n) is 14.0. The lowest BCUT2D eigenvalue weighted by Gasteiger charge is -2.40. The van der Waals surface area contributed by atoms with E-state index in [2.05, 4.69) is 87.5 Å². The highest BCUT2D eigenvalue weighted by Gasteiger charge is 2.28. The highest BCUT2D eigenvalue weighted by Crippen LogP contribution is 2.32. The first-order chi connectivity index (χ1) is 19.0. The van der Waals surface area contributed by atoms with Gasteiger partial charge in [0.2, 0.25) is 5.91 Å². The Bertz CT molecular complexity index is 1360. The number of benzene rings is 3. The number of imidazole rings is 1. The van der Waals surface area contributed by atoms with E-state index in [0.717, 1.165) is 44.0 Å². The van der Waals surface area contributed by atoms with Crippen molar-refractivity contribution in [2.45, 2.75) is 32.7 Å². The molecular formula is C33H39N5O. The Morgan fingerprint density at radius 1 is 0.923 bits per heavy atom. The van der Waals surface area contributed by atoms with Gasteiger partial charge in [-0.05, 0) is 48.6 Å². The van der Waals surface area contributed by atoms with E-state index >= 15 is 0 Å². The summed E-state index contributed by atoms with van der Waals surface area (Å²) in [6, 6.07) is 27.8. The first-order valence-corrected chi connectivity index (χ1v) is 14.0. The van der Waals surface area contributed by atoms with Gasteiger partial charge in [0.25, 0.3) is 0 Å². The number of piperazine rings is 1. The quantitative estimate of drug-likeness (QED) is 0.313. The molecule has 1 aliphatic rings. The van der Waals surface area contributed by atoms with Gasteiger partial charge in [-0.15, -0.1) is 0 Å². The van der Waals surface area contributed by atoms with Gasteiger partial charge in [0.05, 0.1) is 23.9 Å². The second-order valence-electron chi connectivity index (χ2n) is 10.5. The molecule has 4 aromatic rings. The molecule has 39 heavy (non-hydrogen) atoms. The van der Waals surface area contributed by atoms with E-state index in [-0.39, 0.29) is 17.9 Å². The Labute approximate surface area is 232 Å². The van der Waals surface area contributed by atoms with Gasteiger partial charge in [-0.2, -0.15) is 0 Å². The van der Waals surface area contributed by atoms with Crippen LogP contribution in [-0.2, 0) is 4.79 Å². The molecule has 0 bridgehead atoms. The molecule has 1 saturated heterocycles. The van der Waals surface area contributed by atoms with Crippen molar-refractivity contribution in [1.82, 2.24) is 25.1 Å². The standard InChI is InChI=1S/C33H39N5O/c1-24-11-10-16-29(25(24)2)31(28-14-8-5-9-15-28)38-21-19-37(20-22-38)18-17-34-33(39)26(3)32-35-23-30(36-32)27-12-6-4-7-13-27/h4-16,23,26,31H,17-22H2,1-3H3,(H,34,39)(H,35,36). The predicted molar refractivity (Wildman–Crippen MR) is 158 cm³/mol. The monoisotopic (exact) mass is 521 g/mol. The molecule has 2 N–H and O–H groups in total. The lowest BCUT2D eigenvalue weighted by atomic mass is 9.91. The van der Waals surface area contributed by atoms with Crippen LogP contribution in [0.3, 0.4) is 0 Å². The minimum absolute atomic E-state index is 0.00154. The largest absolute Gasteiger partial charge is 0.354 e. The number of aromatic nitrogens is 2. The molecule has 6 nitrogen and oxygen atoms in total. The number of nitrogens with zero attached hydrogens (tertiary/aromatic N) is 3. The number of hydrogen-bond acceptors (Lipinski definition) is 4. The fourth-order valence-corrected chi connectivity index (χ4v) is 5.47. The number of H-pyrrole nitrogens is 1. The normalized spacial score (nSPS) is 16.1. The van der Waals surface area contributed by atoms with Gasteiger partial charge in [-0.3, -0.25) is 14.6 Å². The molecule has 5 rings (SSSR count). The molecule has 2 heterocycles. The van der Waals surface area contributed by atoms with Gasteiger partial charge in [0.15, 0.2) is 0 Å². The van der Waals surface area contributed by atoms with Crippen molar-refractivity contribution in [3.63, 3.8) is 0 Å². The summed E-state index contributed by atoms with van der Waals surface area (Å²) in [5, 5.41) is 3.12. The lowest BCUT2D eigenvalue weighted by molar-refractivity contribution is -0.122. The predicted octanol–water partition coefficient (Wildman–Crippen LogP) is 5.32. The third-order valence-corrected chi connectivity index (χ3v) is 8.04. The van der Waals surface area contributed by atoms with E-state index in [1.54, 1.807) is 6.20 Å². The van der Waals surface area contributed by atoms with Crippen LogP contribution < -0.4 is 5.32 Å². The van der Waals surface area contributed by atoms with Crippen LogP contribution in [0.15, 0.2) is 85.1 Å². The molecular weight excluding hydrogens is 482 g/mol. The summed E-state index contributed by atoms with van der Waals surface area (Å²) in [4.78, 5) is 25.7. The van der Waals surface area contributed by atoms with Crippen LogP contribution >= 0.6 is 0 Å². The minimum atomic E-state index is -0.330. The number of rotatable bonds is 9. The number of aromatic amines is 1. The zero-order valence-electron chi connectivity index (χ0n) is 23.2. The summed E-state index contributed by atoms with van der Waals surface area (Å²) in [6.45, 7) is 11.8. The van der Waals surface area contributed by atoms with E-state index in [1.165, 1.54) is 22.3 Å². The average Bonchev–Trinajstić information content (AvgIpc) is 3.47. The zero-order valence-corrected chi connectivity index (χ0v) is 23.2. The van der Waals surface area contributed by atoms with Gasteiger partial charge >= 0.3 is 0 Å². The second kappa shape index (κ2) is 12.4. The van der Waals surface area contributed by atoms with Crippen molar-refractivity contribution in [1.29, 1.82) is 0 Å². The van der Waals surface area contributed by atoms with Crippen LogP contribution in [0.4, 0.5) is 0 Å². The van der Waals surface area contributed by atoms with Crippen LogP contribution in [0, 0.1) is 13.8 Å². The van der Waals surface area contributed by atoms with E-state index in [4.69, 9.17) is 0 Å². The van der Waals surface area contributed by atoms with E-state index in [9.17, 15) is 4.79 Å². The molecule has 6 heteroatoms. The summed E-state index contributed by atoms with van der Waals surface area (Å²) in [5.74, 6) is 0.364. The number of carbonyl (C=O) groups is 1. The molecule has 1 aliphatic heterocycles. The Morgan fingerprint density at radius 2 is 1.62 bits per heavy atom. The van der Waals surface area contributed by atoms with Gasteiger partial charge < -0.3 is 10.3 Å². The number of carbonyl (C=O) groups excluding carboxylic acids is 1. The molecule has 2 unspecified atom stereocenters. The smallest absolute Gasteiger partial charge is 0.230 e. The molecule has 0 radical (unpaired) electrons. The molecule has 0 saturated carbocycles. The molecule has 0 spiro atoms. The number of nitrogens with one attached hydrogen (secondary N) is 2. The SMILES string of the molecule is Cc1cccc(C(c2ccccc2)N2CCN(CCNC(=O)C(C)c3ncc(-c4ccccc4)[nH]3)CC2)c1C. The summed E-state index contributed by atoms with van der Waals surface area (Å²) >= 11 is 0. The van der Waals surface area contributed by atoms with E-state index in [0.29, 0.717) is 12.4 Å². The van der Waals surface area contributed by atoms with E-state index in [1.807, 2.05) is 37.3 Å². The Morgan fingerprint density at radius 3 is 2.33 bits per heavy atom. The van der Waals surface area contributed by atoms with Crippen LogP contribution in [0.2, 0.25) is 0 Å². The van der Waals surface area contributed by atoms with Crippen LogP contribution in [0.25, 0.3) is 11.3 Å². The van der Waals surface area contributed by atoms with Crippen molar-refractivity contribution < 1.29 is 4.79 Å². The maximum Gasteiger partial charge on any atom is 0.230 e. The van der Waals surface area contributed by atoms with Crippen molar-refractivity contribution >= 4 is 5.91 Å². The van der Waals surface area contributed by atoms with Crippen molar-refractivity contribution in [3.05, 3.63) is 113 Å². The molecule has 3 aromatic carbocycles. The maximum absolute atomic E-state index is 12.8. The van der Waals surface area contributed by atoms with Crippen LogP contribution in [0.5, 0.6) is 0 Å². The molecule has 202 valence electrons. The highest BCUT2D eigenvalue weighted by atomic mass is 16.1. The molecule has 2 atom stereocenters. The van der Waals surface area contributed by atoms with Gasteiger partial charge in [0, 0.05) is 39.3 Å². The number of aryl methyl sites for hydroxylation is 1. The second-order valence-corrected chi connectivity index (χ2v) is 10.5. The molecule has 1 fully saturated rings. The van der Waals surface area contributed by atoms with Crippen molar-refractivity contribution in [3.8, 4) is 11.3 Å². The highest BCUT2D eigenvalue weighted by molar-refractivity contribution is 5.82. The molecule has 1 amide bonds. The maximum atomic E-state index is 12.8. The Hall–Kier alpha value is -3.74. The third kappa shape index (κ3) is 6.29. The topological polar surface area (TPSA) is 64.3 Å². The van der Waals surface area contributed by atoms with Crippen LogP contribution in [0.1, 0.15) is 47.0 Å². The summed E-state index contributed by atoms with van der Waals surface area (Å²) < 4.78 is 0. The lowest BCUT2D eigenvalue weighted by Crippen LogP contribution is -2.49. The van der Waals surface area contributed by atoms with Crippen molar-refractivity contribution in [2.24, 2.45) is 0 Å². The zero-order chi connectivity index (χ0) is 27.2. The average molecular weight is 522 g/mol. The fourth-order valence-electron chi connectivity index (χ4n) is 5.47. The van der Waals surface area contributed by atoms with Crippen molar-refractivity contribution in [2.75, 3.05) is 39.3 Å². The summed E-state index contributed by atoms with van der Waals surface area (Å²) in [6.07, 6.45) is 1.80. The molecule has 0 aliphatic carbocycles. The van der Waals surface area contributed by atoms with Gasteiger partial charge in [0.1, 0.15) is 5.82 Å². The third-order valence-electron chi connectivity index (χ3n) is 8.04. The summed E-state index contributed by atoms with van der Waals surface area (Å²) in [5.41, 5.74) is 7.44. The van der Waals surface area contributed by atoms with Gasteiger partial charge in [-0.25, -0.2) is 4.98 Å². The fraction of sp³-hybridized carbons (Fsp3) is 0.333. The van der Waals surface area contributed by atoms with Gasteiger partial charge in [-0.1, -0.05) is 78.9 Å². The van der Waals surface area contributed by atoms with Crippen LogP contribution in [-0.4, -0.2) is 64.9 Å². The summed E-state index contributed by atoms with van der Waals surface area (Å²) in [7, 11) is 0. The number of hydrogen-bond donors (Lipinski definition) is 2. The number of amides is 1.